The summed E-state index contributed by atoms with van der Waals surface area (Å²) in [5.74, 6) is -0.584. The number of aromatic nitrogens is 2. The zero-order valence-corrected chi connectivity index (χ0v) is 17.0. The highest BCUT2D eigenvalue weighted by atomic mass is 32.1. The fourth-order valence-corrected chi connectivity index (χ4v) is 3.92. The van der Waals surface area contributed by atoms with Crippen molar-refractivity contribution in [1.29, 1.82) is 0 Å². The van der Waals surface area contributed by atoms with Gasteiger partial charge in [0, 0.05) is 36.7 Å². The van der Waals surface area contributed by atoms with Gasteiger partial charge in [-0.1, -0.05) is 6.07 Å². The van der Waals surface area contributed by atoms with Gasteiger partial charge < -0.3 is 14.6 Å². The van der Waals surface area contributed by atoms with E-state index in [0.29, 0.717) is 33.8 Å². The van der Waals surface area contributed by atoms with E-state index < -0.39 is 17.0 Å². The van der Waals surface area contributed by atoms with Crippen molar-refractivity contribution in [3.05, 3.63) is 76.4 Å². The van der Waals surface area contributed by atoms with Gasteiger partial charge in [0.15, 0.2) is 17.9 Å². The van der Waals surface area contributed by atoms with Crippen LogP contribution >= 0.6 is 11.3 Å². The lowest BCUT2D eigenvalue weighted by Gasteiger charge is -2.10. The predicted molar refractivity (Wildman–Crippen MR) is 113 cm³/mol. The van der Waals surface area contributed by atoms with Crippen molar-refractivity contribution in [2.24, 2.45) is 0 Å². The number of nitrogens with zero attached hydrogens (tertiary/aromatic N) is 3. The number of fused-ring (bicyclic) bond motifs is 1. The largest absolute Gasteiger partial charge is 0.453 e. The number of hydrogen-bond acceptors (Lipinski definition) is 8. The minimum absolute atomic E-state index is 0.125. The van der Waals surface area contributed by atoms with Crippen LogP contribution in [0.25, 0.3) is 20.8 Å². The molecule has 31 heavy (non-hydrogen) atoms. The van der Waals surface area contributed by atoms with Gasteiger partial charge >= 0.3 is 0 Å². The second-order valence-electron chi connectivity index (χ2n) is 6.39. The molecular formula is C21H16FN3O5S. The number of ether oxygens (including phenoxy) is 2. The molecule has 8 nitrogen and oxygen atoms in total. The minimum atomic E-state index is -1.03. The fourth-order valence-electron chi connectivity index (χ4n) is 2.88. The normalized spacial score (nSPS) is 12.1. The summed E-state index contributed by atoms with van der Waals surface area (Å²) in [4.78, 5) is 19.6. The van der Waals surface area contributed by atoms with E-state index in [4.69, 9.17) is 9.47 Å². The van der Waals surface area contributed by atoms with E-state index in [9.17, 15) is 19.6 Å². The molecule has 1 N–H and O–H groups in total. The molecule has 10 heteroatoms. The van der Waals surface area contributed by atoms with Gasteiger partial charge in [-0.05, 0) is 25.1 Å². The standard InChI is InChI=1S/C21H16FN3O5S/c1-2-29-21(26)12-3-5-15(24-11-12)19-10-16-20(31-19)18(7-8-23-16)30-17-6-4-13(25(27)28)9-14(17)22/h3-11,21,26H,2H2,1H3. The van der Waals surface area contributed by atoms with Gasteiger partial charge in [-0.15, -0.1) is 11.3 Å². The van der Waals surface area contributed by atoms with Gasteiger partial charge in [0.25, 0.3) is 5.69 Å². The number of nitro benzene ring substituents is 1. The molecule has 0 aliphatic heterocycles. The Kier molecular flexibility index (Phi) is 5.85. The summed E-state index contributed by atoms with van der Waals surface area (Å²) in [5, 5.41) is 20.7. The van der Waals surface area contributed by atoms with Crippen LogP contribution in [0.2, 0.25) is 0 Å². The molecule has 4 rings (SSSR count). The Bertz CT molecular complexity index is 1250. The number of aliphatic hydroxyl groups excluding tert-OH is 1. The lowest BCUT2D eigenvalue weighted by atomic mass is 10.2. The maximum absolute atomic E-state index is 14.2. The molecule has 0 saturated heterocycles. The monoisotopic (exact) mass is 441 g/mol. The third-order valence-corrected chi connectivity index (χ3v) is 5.53. The molecule has 158 valence electrons. The van der Waals surface area contributed by atoms with E-state index in [-0.39, 0.29) is 11.4 Å². The molecule has 0 spiro atoms. The summed E-state index contributed by atoms with van der Waals surface area (Å²) >= 11 is 1.36. The van der Waals surface area contributed by atoms with Gasteiger partial charge in [0.05, 0.1) is 31.8 Å². The van der Waals surface area contributed by atoms with E-state index in [1.807, 2.05) is 6.07 Å². The molecule has 3 heterocycles. The summed E-state index contributed by atoms with van der Waals surface area (Å²) < 4.78 is 25.8. The first-order valence-electron chi connectivity index (χ1n) is 9.22. The van der Waals surface area contributed by atoms with Crippen LogP contribution in [0.15, 0.2) is 54.9 Å². The fraction of sp³-hybridized carbons (Fsp3) is 0.143. The van der Waals surface area contributed by atoms with Crippen LogP contribution in [0.5, 0.6) is 11.5 Å². The second-order valence-corrected chi connectivity index (χ2v) is 7.44. The van der Waals surface area contributed by atoms with Gasteiger partial charge in [-0.25, -0.2) is 4.39 Å². The summed E-state index contributed by atoms with van der Waals surface area (Å²) in [7, 11) is 0. The first-order valence-corrected chi connectivity index (χ1v) is 10.0. The van der Waals surface area contributed by atoms with Crippen LogP contribution in [0, 0.1) is 15.9 Å². The van der Waals surface area contributed by atoms with Crippen molar-refractivity contribution in [3.8, 4) is 22.1 Å². The maximum atomic E-state index is 14.2. The molecule has 0 aliphatic rings. The Morgan fingerprint density at radius 3 is 2.71 bits per heavy atom. The average Bonchev–Trinajstić information content (AvgIpc) is 3.20. The number of pyridine rings is 2. The van der Waals surface area contributed by atoms with Crippen molar-refractivity contribution < 1.29 is 23.9 Å². The number of rotatable bonds is 7. The Morgan fingerprint density at radius 1 is 1.19 bits per heavy atom. The zero-order valence-electron chi connectivity index (χ0n) is 16.2. The molecule has 0 amide bonds. The van der Waals surface area contributed by atoms with Crippen molar-refractivity contribution >= 4 is 27.2 Å². The number of benzene rings is 1. The van der Waals surface area contributed by atoms with Gasteiger partial charge in [0.2, 0.25) is 0 Å². The smallest absolute Gasteiger partial charge is 0.272 e. The Labute approximate surface area is 179 Å². The lowest BCUT2D eigenvalue weighted by molar-refractivity contribution is -0.385. The number of non-ortho nitro benzene ring substituents is 1. The number of thiophene rings is 1. The third-order valence-electron chi connectivity index (χ3n) is 4.37. The van der Waals surface area contributed by atoms with Crippen LogP contribution in [0.3, 0.4) is 0 Å². The first-order chi connectivity index (χ1) is 15.0. The van der Waals surface area contributed by atoms with Crippen LogP contribution in [0.1, 0.15) is 18.8 Å². The number of nitro groups is 1. The third kappa shape index (κ3) is 4.36. The second kappa shape index (κ2) is 8.72. The van der Waals surface area contributed by atoms with Crippen molar-refractivity contribution in [2.45, 2.75) is 13.2 Å². The quantitative estimate of drug-likeness (QED) is 0.238. The number of halogens is 1. The van der Waals surface area contributed by atoms with Crippen molar-refractivity contribution in [2.75, 3.05) is 6.61 Å². The van der Waals surface area contributed by atoms with Crippen LogP contribution in [-0.4, -0.2) is 26.6 Å². The summed E-state index contributed by atoms with van der Waals surface area (Å²) in [6.45, 7) is 2.17. The highest BCUT2D eigenvalue weighted by Gasteiger charge is 2.16. The topological polar surface area (TPSA) is 108 Å². The highest BCUT2D eigenvalue weighted by Crippen LogP contribution is 2.39. The maximum Gasteiger partial charge on any atom is 0.272 e. The van der Waals surface area contributed by atoms with E-state index in [0.717, 1.165) is 10.9 Å². The predicted octanol–water partition coefficient (Wildman–Crippen LogP) is 5.23. The van der Waals surface area contributed by atoms with E-state index in [1.165, 1.54) is 35.9 Å². The summed E-state index contributed by atoms with van der Waals surface area (Å²) in [6, 6.07) is 10.1. The molecule has 4 aromatic rings. The Balaban J connectivity index is 1.64. The Hall–Kier alpha value is -3.47. The van der Waals surface area contributed by atoms with Gasteiger partial charge in [-0.3, -0.25) is 20.1 Å². The molecule has 0 bridgehead atoms. The molecule has 0 aliphatic carbocycles. The van der Waals surface area contributed by atoms with Crippen LogP contribution in [0.4, 0.5) is 10.1 Å². The van der Waals surface area contributed by atoms with Gasteiger partial charge in [0.1, 0.15) is 5.75 Å². The molecule has 0 fully saturated rings. The Morgan fingerprint density at radius 2 is 2.03 bits per heavy atom. The molecule has 3 aromatic heterocycles. The van der Waals surface area contributed by atoms with Gasteiger partial charge in [-0.2, -0.15) is 0 Å². The summed E-state index contributed by atoms with van der Waals surface area (Å²) in [6.07, 6.45) is 2.04. The van der Waals surface area contributed by atoms with Crippen LogP contribution in [-0.2, 0) is 4.74 Å². The van der Waals surface area contributed by atoms with Crippen molar-refractivity contribution in [3.63, 3.8) is 0 Å². The number of aliphatic hydroxyl groups is 1. The summed E-state index contributed by atoms with van der Waals surface area (Å²) in [5.41, 5.74) is 1.50. The average molecular weight is 441 g/mol. The molecule has 1 unspecified atom stereocenters. The highest BCUT2D eigenvalue weighted by molar-refractivity contribution is 7.22. The van der Waals surface area contributed by atoms with Crippen molar-refractivity contribution in [1.82, 2.24) is 9.97 Å². The van der Waals surface area contributed by atoms with E-state index >= 15 is 0 Å². The van der Waals surface area contributed by atoms with Crippen LogP contribution < -0.4 is 4.74 Å². The van der Waals surface area contributed by atoms with E-state index in [2.05, 4.69) is 9.97 Å². The first kappa shape index (κ1) is 20.8. The molecule has 1 aromatic carbocycles. The zero-order chi connectivity index (χ0) is 22.0. The number of hydrogen-bond donors (Lipinski definition) is 1. The molecule has 0 radical (unpaired) electrons. The molecule has 1 atom stereocenters. The molecular weight excluding hydrogens is 425 g/mol. The van der Waals surface area contributed by atoms with E-state index in [1.54, 1.807) is 25.1 Å². The molecule has 0 saturated carbocycles. The minimum Gasteiger partial charge on any atom is -0.453 e. The SMILES string of the molecule is CCOC(O)c1ccc(-c2cc3nccc(Oc4ccc([N+](=O)[O-])cc4F)c3s2)nc1. The lowest BCUT2D eigenvalue weighted by Crippen LogP contribution is -2.03.